The number of hydrogen-bond donors (Lipinski definition) is 0. The molecule has 0 heterocycles. The summed E-state index contributed by atoms with van der Waals surface area (Å²) in [6.45, 7) is 45.6. The third kappa shape index (κ3) is 16.7. The van der Waals surface area contributed by atoms with E-state index in [9.17, 15) is 24.0 Å². The van der Waals surface area contributed by atoms with Gasteiger partial charge in [-0.2, -0.15) is 0 Å². The van der Waals surface area contributed by atoms with E-state index in [0.717, 1.165) is 116 Å². The van der Waals surface area contributed by atoms with Crippen LogP contribution in [0, 0.1) is 121 Å². The first-order valence-corrected chi connectivity index (χ1v) is 41.6. The van der Waals surface area contributed by atoms with Crippen molar-refractivity contribution < 1.29 is 47.7 Å². The van der Waals surface area contributed by atoms with E-state index >= 15 is 0 Å². The standard InChI is InChI=1S/C19H32O2.C18H30O2.C17H28O2.2C17H30O2/c1-6-17(2,3)16(20)21-18(4,5)19-10-13-7-14(11-19)9-15(8-13)12-19;1-6-16(2,3)15(19)20-17(4,5)18-10-12-7-13(11-18)9-14(18)8-12;1-5-16(2,3)15(18)19-17(4)13-7-11-6-12(9-13)10-14(17)8-11;1-5-16(2,3)15(18)19-17(4)12-8-10-13-9-6-7-11-14(13)17;1-5-16(2,3)15(18)19-17(4)11-10-13-8-6-7-9-14(13)12-17/h13-15H,6-12H2,1-5H3;12-14H,6-11H2,1-5H3;11-14H,5-10H2,1-4H3;2*13-14H,5-12H2,1-4H3. The molecular weight excluding hydrogens is 1220 g/mol. The molecule has 16 saturated carbocycles. The van der Waals surface area contributed by atoms with Gasteiger partial charge in [0.25, 0.3) is 0 Å². The number of carbonyl (C=O) groups is 5. The highest BCUT2D eigenvalue weighted by Crippen LogP contribution is 2.70. The summed E-state index contributed by atoms with van der Waals surface area (Å²) in [4.78, 5) is 62.3. The first-order valence-electron chi connectivity index (χ1n) is 41.6. The Morgan fingerprint density at radius 1 is 0.337 bits per heavy atom. The summed E-state index contributed by atoms with van der Waals surface area (Å²) in [5.41, 5.74) is -2.40. The Balaban J connectivity index is 0.000000143. The summed E-state index contributed by atoms with van der Waals surface area (Å²) in [6, 6.07) is 0. The second-order valence-corrected chi connectivity index (χ2v) is 41.4. The molecule has 16 aliphatic carbocycles. The molecule has 98 heavy (non-hydrogen) atoms. The highest BCUT2D eigenvalue weighted by molar-refractivity contribution is 5.78. The quantitative estimate of drug-likeness (QED) is 0.102. The van der Waals surface area contributed by atoms with Crippen LogP contribution in [-0.2, 0) is 47.7 Å². The van der Waals surface area contributed by atoms with Crippen molar-refractivity contribution >= 4 is 29.8 Å². The van der Waals surface area contributed by atoms with E-state index < -0.39 is 0 Å². The second-order valence-electron chi connectivity index (χ2n) is 41.4. The van der Waals surface area contributed by atoms with E-state index in [2.05, 4.69) is 83.1 Å². The molecule has 0 aliphatic heterocycles. The molecule has 0 saturated heterocycles. The van der Waals surface area contributed by atoms with Gasteiger partial charge in [0.2, 0.25) is 0 Å². The molecule has 0 N–H and O–H groups in total. The van der Waals surface area contributed by atoms with E-state index in [-0.39, 0.29) is 95.8 Å². The normalized spacial score (nSPS) is 38.7. The smallest absolute Gasteiger partial charge is 0.312 e. The first kappa shape index (κ1) is 79.5. The third-order valence-corrected chi connectivity index (χ3v) is 31.9. The monoisotopic (exact) mass is 1370 g/mol. The van der Waals surface area contributed by atoms with Gasteiger partial charge in [0.1, 0.15) is 28.0 Å². The molecule has 8 atom stereocenters. The number of hydrogen-bond acceptors (Lipinski definition) is 10. The van der Waals surface area contributed by atoms with Gasteiger partial charge >= 0.3 is 29.8 Å². The number of carbonyl (C=O) groups excluding carboxylic acids is 5. The molecule has 10 nitrogen and oxygen atoms in total. The number of fused-ring (bicyclic) bond motifs is 2. The van der Waals surface area contributed by atoms with Crippen molar-refractivity contribution in [1.82, 2.24) is 0 Å². The average molecular weight is 1370 g/mol. The van der Waals surface area contributed by atoms with Crippen LogP contribution in [0.1, 0.15) is 377 Å². The lowest BCUT2D eigenvalue weighted by atomic mass is 9.46. The molecule has 10 heteroatoms. The molecule has 8 unspecified atom stereocenters. The molecule has 0 radical (unpaired) electrons. The summed E-state index contributed by atoms with van der Waals surface area (Å²) in [7, 11) is 0. The zero-order chi connectivity index (χ0) is 72.3. The Hall–Kier alpha value is -2.65. The van der Waals surface area contributed by atoms with Crippen molar-refractivity contribution in [2.75, 3.05) is 0 Å². The van der Waals surface area contributed by atoms with Crippen LogP contribution in [0.15, 0.2) is 0 Å². The van der Waals surface area contributed by atoms with Gasteiger partial charge in [0.15, 0.2) is 0 Å². The number of esters is 5. The topological polar surface area (TPSA) is 132 Å². The molecule has 16 rings (SSSR count). The van der Waals surface area contributed by atoms with Gasteiger partial charge in [0.05, 0.1) is 27.1 Å². The summed E-state index contributed by atoms with van der Waals surface area (Å²) < 4.78 is 30.4. The van der Waals surface area contributed by atoms with Gasteiger partial charge in [-0.05, 0) is 374 Å². The zero-order valence-electron chi connectivity index (χ0n) is 67.4. The Morgan fingerprint density at radius 3 is 1.15 bits per heavy atom. The van der Waals surface area contributed by atoms with Crippen molar-refractivity contribution in [2.45, 2.75) is 405 Å². The molecule has 0 aromatic carbocycles. The minimum Gasteiger partial charge on any atom is -0.459 e. The van der Waals surface area contributed by atoms with E-state index in [4.69, 9.17) is 23.7 Å². The number of ether oxygens (including phenoxy) is 5. The summed E-state index contributed by atoms with van der Waals surface area (Å²) in [5.74, 6) is 11.5. The summed E-state index contributed by atoms with van der Waals surface area (Å²) in [6.07, 6.45) is 43.6. The molecule has 0 amide bonds. The van der Waals surface area contributed by atoms with Crippen LogP contribution in [0.25, 0.3) is 0 Å². The molecule has 12 bridgehead atoms. The van der Waals surface area contributed by atoms with Crippen LogP contribution >= 0.6 is 0 Å². The number of rotatable bonds is 17. The average Bonchev–Trinajstić information content (AvgIpc) is 1.43. The van der Waals surface area contributed by atoms with Crippen LogP contribution in [0.5, 0.6) is 0 Å². The van der Waals surface area contributed by atoms with Crippen molar-refractivity contribution in [3.05, 3.63) is 0 Å². The Labute approximate surface area is 600 Å². The molecule has 0 spiro atoms. The van der Waals surface area contributed by atoms with Crippen molar-refractivity contribution in [1.29, 1.82) is 0 Å². The fourth-order valence-corrected chi connectivity index (χ4v) is 23.2. The van der Waals surface area contributed by atoms with Crippen LogP contribution in [0.2, 0.25) is 0 Å². The highest BCUT2D eigenvalue weighted by atomic mass is 16.6. The van der Waals surface area contributed by atoms with Crippen molar-refractivity contribution in [3.63, 3.8) is 0 Å². The van der Waals surface area contributed by atoms with Crippen molar-refractivity contribution in [3.8, 4) is 0 Å². The van der Waals surface area contributed by atoms with Gasteiger partial charge in [-0.25, -0.2) is 0 Å². The highest BCUT2D eigenvalue weighted by Gasteiger charge is 2.66. The maximum absolute atomic E-state index is 12.6. The lowest BCUT2D eigenvalue weighted by Crippen LogP contribution is -2.58. The lowest BCUT2D eigenvalue weighted by molar-refractivity contribution is -0.211. The van der Waals surface area contributed by atoms with Gasteiger partial charge < -0.3 is 23.7 Å². The maximum Gasteiger partial charge on any atom is 0.312 e. The first-order chi connectivity index (χ1) is 45.5. The third-order valence-electron chi connectivity index (χ3n) is 31.9. The SMILES string of the molecule is CCC(C)(C)C(=O)OC(C)(C)C12CC3CC(CC(C3)C1)C2.CCC(C)(C)C(=O)OC(C)(C)C12CC3CC(CC1C3)C2.CCC(C)(C)C(=O)OC1(C)C2CC3CC(C2)CC1C3.CCC(C)(C)C(=O)OC1(C)CCC2CCCCC2C1.CCC(C)(C)C(=O)OC1(C)CCCC2CCCCC21. The van der Waals surface area contributed by atoms with Gasteiger partial charge in [-0.3, -0.25) is 24.0 Å². The molecular formula is C88H150O10. The Kier molecular flexibility index (Phi) is 24.1. The largest absolute Gasteiger partial charge is 0.459 e. The van der Waals surface area contributed by atoms with Gasteiger partial charge in [-0.15, -0.1) is 0 Å². The van der Waals surface area contributed by atoms with E-state index in [0.29, 0.717) is 17.8 Å². The Morgan fingerprint density at radius 2 is 0.694 bits per heavy atom. The summed E-state index contributed by atoms with van der Waals surface area (Å²) >= 11 is 0. The predicted molar refractivity (Wildman–Crippen MR) is 396 cm³/mol. The minimum atomic E-state index is -0.362. The predicted octanol–water partition coefficient (Wildman–Crippen LogP) is 23.1. The zero-order valence-corrected chi connectivity index (χ0v) is 67.4. The fourth-order valence-electron chi connectivity index (χ4n) is 23.2. The van der Waals surface area contributed by atoms with Crippen LogP contribution < -0.4 is 0 Å². The molecule has 562 valence electrons. The van der Waals surface area contributed by atoms with Crippen LogP contribution in [0.4, 0.5) is 0 Å². The molecule has 16 fully saturated rings. The van der Waals surface area contributed by atoms with E-state index in [1.807, 2.05) is 69.2 Å². The van der Waals surface area contributed by atoms with E-state index in [1.165, 1.54) is 173 Å². The minimum absolute atomic E-state index is 0.00345. The second kappa shape index (κ2) is 29.7. The van der Waals surface area contributed by atoms with Gasteiger partial charge in [-0.1, -0.05) is 79.6 Å². The lowest BCUT2D eigenvalue weighted by Gasteiger charge is -2.61. The van der Waals surface area contributed by atoms with E-state index in [1.54, 1.807) is 0 Å². The fraction of sp³-hybridized carbons (Fsp3) is 0.943. The van der Waals surface area contributed by atoms with Crippen LogP contribution in [0.3, 0.4) is 0 Å². The molecule has 16 aliphatic rings. The van der Waals surface area contributed by atoms with Crippen molar-refractivity contribution in [2.24, 2.45) is 121 Å². The maximum atomic E-state index is 12.6. The van der Waals surface area contributed by atoms with Crippen LogP contribution in [-0.4, -0.2) is 57.9 Å². The summed E-state index contributed by atoms with van der Waals surface area (Å²) in [5, 5.41) is 0. The molecule has 0 aromatic rings. The Bertz CT molecular complexity index is 2680. The van der Waals surface area contributed by atoms with Gasteiger partial charge in [0, 0.05) is 16.7 Å². The molecule has 0 aromatic heterocycles.